The molecule has 0 aliphatic carbocycles. The van der Waals surface area contributed by atoms with Crippen LogP contribution in [0.25, 0.3) is 6.08 Å². The fourth-order valence-corrected chi connectivity index (χ4v) is 3.83. The quantitative estimate of drug-likeness (QED) is 0.437. The highest BCUT2D eigenvalue weighted by Gasteiger charge is 2.33. The lowest BCUT2D eigenvalue weighted by Crippen LogP contribution is -2.32. The predicted octanol–water partition coefficient (Wildman–Crippen LogP) is 4.55. The molecule has 1 heterocycles. The summed E-state index contributed by atoms with van der Waals surface area (Å²) in [6, 6.07) is 15.5. The molecule has 140 valence electrons. The van der Waals surface area contributed by atoms with E-state index in [1.807, 2.05) is 54.6 Å². The Morgan fingerprint density at radius 2 is 1.81 bits per heavy atom. The van der Waals surface area contributed by atoms with Crippen LogP contribution in [0.3, 0.4) is 0 Å². The van der Waals surface area contributed by atoms with E-state index in [4.69, 9.17) is 9.47 Å². The standard InChI is InChI=1S/C20H19IN2O3S/c1-25-12-11-23-19(24)18(13-14-3-5-15(21)6-4-14)27-20(23)22-16-7-9-17(26-2)10-8-16/h3-10,13H,11-12H2,1-2H3/b18-13-,22-20?. The summed E-state index contributed by atoms with van der Waals surface area (Å²) in [5, 5.41) is 0.652. The van der Waals surface area contributed by atoms with E-state index in [9.17, 15) is 4.79 Å². The Kier molecular flexibility index (Phi) is 6.92. The minimum absolute atomic E-state index is 0.0529. The second-order valence-corrected chi connectivity index (χ2v) is 7.96. The first kappa shape index (κ1) is 19.9. The first-order valence-corrected chi connectivity index (χ1v) is 10.2. The molecule has 0 bridgehead atoms. The topological polar surface area (TPSA) is 51.1 Å². The molecule has 1 saturated heterocycles. The van der Waals surface area contributed by atoms with Gasteiger partial charge >= 0.3 is 0 Å². The molecule has 0 spiro atoms. The van der Waals surface area contributed by atoms with Crippen molar-refractivity contribution >= 4 is 57.2 Å². The zero-order valence-electron chi connectivity index (χ0n) is 15.0. The number of thioether (sulfide) groups is 1. The number of methoxy groups -OCH3 is 2. The van der Waals surface area contributed by atoms with E-state index in [0.29, 0.717) is 23.2 Å². The van der Waals surface area contributed by atoms with Crippen molar-refractivity contribution in [2.45, 2.75) is 0 Å². The molecule has 5 nitrogen and oxygen atoms in total. The normalized spacial score (nSPS) is 17.1. The first-order valence-electron chi connectivity index (χ1n) is 8.29. The molecule has 1 aliphatic heterocycles. The summed E-state index contributed by atoms with van der Waals surface area (Å²) in [5.74, 6) is 0.715. The van der Waals surface area contributed by atoms with Gasteiger partial charge < -0.3 is 9.47 Å². The second kappa shape index (κ2) is 9.38. The number of amides is 1. The third kappa shape index (κ3) is 5.12. The SMILES string of the molecule is COCCN1C(=O)/C(=C/c2ccc(I)cc2)SC1=Nc1ccc(OC)cc1. The highest BCUT2D eigenvalue weighted by atomic mass is 127. The third-order valence-electron chi connectivity index (χ3n) is 3.87. The van der Waals surface area contributed by atoms with E-state index < -0.39 is 0 Å². The van der Waals surface area contributed by atoms with Crippen molar-refractivity contribution in [3.63, 3.8) is 0 Å². The zero-order valence-corrected chi connectivity index (χ0v) is 18.0. The molecule has 3 rings (SSSR count). The predicted molar refractivity (Wildman–Crippen MR) is 118 cm³/mol. The number of amidine groups is 1. The number of rotatable bonds is 6. The van der Waals surface area contributed by atoms with Crippen LogP contribution in [0, 0.1) is 3.57 Å². The van der Waals surface area contributed by atoms with Gasteiger partial charge in [-0.2, -0.15) is 0 Å². The molecule has 7 heteroatoms. The van der Waals surface area contributed by atoms with E-state index in [0.717, 1.165) is 20.6 Å². The maximum Gasteiger partial charge on any atom is 0.266 e. The van der Waals surface area contributed by atoms with Crippen LogP contribution in [-0.4, -0.2) is 43.3 Å². The number of halogens is 1. The molecule has 1 amide bonds. The van der Waals surface area contributed by atoms with E-state index in [2.05, 4.69) is 27.6 Å². The lowest BCUT2D eigenvalue weighted by molar-refractivity contribution is -0.122. The second-order valence-electron chi connectivity index (χ2n) is 5.70. The Morgan fingerprint density at radius 3 is 2.44 bits per heavy atom. The summed E-state index contributed by atoms with van der Waals surface area (Å²) < 4.78 is 11.5. The molecule has 0 aromatic heterocycles. The van der Waals surface area contributed by atoms with Crippen LogP contribution in [0.4, 0.5) is 5.69 Å². The number of carbonyl (C=O) groups is 1. The molecule has 2 aromatic rings. The molecule has 0 atom stereocenters. The van der Waals surface area contributed by atoms with Crippen molar-refractivity contribution in [3.05, 3.63) is 62.6 Å². The Hall–Kier alpha value is -1.84. The Labute approximate surface area is 176 Å². The summed E-state index contributed by atoms with van der Waals surface area (Å²) in [4.78, 5) is 19.8. The smallest absolute Gasteiger partial charge is 0.266 e. The largest absolute Gasteiger partial charge is 0.497 e. The van der Waals surface area contributed by atoms with Gasteiger partial charge in [0, 0.05) is 10.7 Å². The van der Waals surface area contributed by atoms with Crippen molar-refractivity contribution in [1.29, 1.82) is 0 Å². The Morgan fingerprint density at radius 1 is 1.11 bits per heavy atom. The molecule has 2 aromatic carbocycles. The van der Waals surface area contributed by atoms with Crippen LogP contribution < -0.4 is 4.74 Å². The maximum atomic E-state index is 12.9. The first-order chi connectivity index (χ1) is 13.1. The maximum absolute atomic E-state index is 12.9. The summed E-state index contributed by atoms with van der Waals surface area (Å²) in [5.41, 5.74) is 1.76. The lowest BCUT2D eigenvalue weighted by Gasteiger charge is -2.14. The molecule has 1 aliphatic rings. The molecule has 0 saturated carbocycles. The fourth-order valence-electron chi connectivity index (χ4n) is 2.45. The number of nitrogens with zero attached hydrogens (tertiary/aromatic N) is 2. The van der Waals surface area contributed by atoms with Crippen molar-refractivity contribution in [1.82, 2.24) is 4.90 Å². The average molecular weight is 494 g/mol. The molecule has 0 N–H and O–H groups in total. The molecular formula is C20H19IN2O3S. The van der Waals surface area contributed by atoms with Gasteiger partial charge in [0.25, 0.3) is 5.91 Å². The lowest BCUT2D eigenvalue weighted by atomic mass is 10.2. The van der Waals surface area contributed by atoms with Crippen molar-refractivity contribution in [3.8, 4) is 5.75 Å². The van der Waals surface area contributed by atoms with Crippen molar-refractivity contribution < 1.29 is 14.3 Å². The van der Waals surface area contributed by atoms with Gasteiger partial charge in [-0.3, -0.25) is 9.69 Å². The van der Waals surface area contributed by atoms with Gasteiger partial charge in [-0.05, 0) is 82.4 Å². The highest BCUT2D eigenvalue weighted by molar-refractivity contribution is 14.1. The third-order valence-corrected chi connectivity index (χ3v) is 5.60. The zero-order chi connectivity index (χ0) is 19.2. The van der Waals surface area contributed by atoms with E-state index in [1.54, 1.807) is 19.1 Å². The molecular weight excluding hydrogens is 475 g/mol. The number of hydrogen-bond donors (Lipinski definition) is 0. The van der Waals surface area contributed by atoms with Crippen LogP contribution >= 0.6 is 34.4 Å². The van der Waals surface area contributed by atoms with Gasteiger partial charge in [-0.25, -0.2) is 4.99 Å². The van der Waals surface area contributed by atoms with Crippen LogP contribution in [0.1, 0.15) is 5.56 Å². The van der Waals surface area contributed by atoms with Crippen LogP contribution in [-0.2, 0) is 9.53 Å². The van der Waals surface area contributed by atoms with Crippen molar-refractivity contribution in [2.75, 3.05) is 27.4 Å². The molecule has 27 heavy (non-hydrogen) atoms. The van der Waals surface area contributed by atoms with Gasteiger partial charge in [0.15, 0.2) is 5.17 Å². The van der Waals surface area contributed by atoms with Gasteiger partial charge in [-0.1, -0.05) is 12.1 Å². The highest BCUT2D eigenvalue weighted by Crippen LogP contribution is 2.34. The number of ether oxygens (including phenoxy) is 2. The van der Waals surface area contributed by atoms with E-state index in [-0.39, 0.29) is 5.91 Å². The number of hydrogen-bond acceptors (Lipinski definition) is 5. The number of benzene rings is 2. The van der Waals surface area contributed by atoms with Gasteiger partial charge in [-0.15, -0.1) is 0 Å². The summed E-state index contributed by atoms with van der Waals surface area (Å²) in [6.07, 6.45) is 1.90. The van der Waals surface area contributed by atoms with E-state index in [1.165, 1.54) is 11.8 Å². The molecule has 0 radical (unpaired) electrons. The molecule has 0 unspecified atom stereocenters. The average Bonchev–Trinajstić information content (AvgIpc) is 2.97. The van der Waals surface area contributed by atoms with Crippen LogP contribution in [0.2, 0.25) is 0 Å². The Bertz CT molecular complexity index is 864. The fraction of sp³-hybridized carbons (Fsp3) is 0.200. The monoisotopic (exact) mass is 494 g/mol. The number of carbonyl (C=O) groups excluding carboxylic acids is 1. The minimum Gasteiger partial charge on any atom is -0.497 e. The van der Waals surface area contributed by atoms with Crippen molar-refractivity contribution in [2.24, 2.45) is 4.99 Å². The molecule has 1 fully saturated rings. The summed E-state index contributed by atoms with van der Waals surface area (Å²) >= 11 is 3.64. The van der Waals surface area contributed by atoms with Gasteiger partial charge in [0.2, 0.25) is 0 Å². The van der Waals surface area contributed by atoms with Gasteiger partial charge in [0.05, 0.1) is 30.9 Å². The minimum atomic E-state index is -0.0529. The van der Waals surface area contributed by atoms with Crippen LogP contribution in [0.15, 0.2) is 58.4 Å². The Balaban J connectivity index is 1.89. The van der Waals surface area contributed by atoms with Crippen LogP contribution in [0.5, 0.6) is 5.75 Å². The van der Waals surface area contributed by atoms with E-state index >= 15 is 0 Å². The summed E-state index contributed by atoms with van der Waals surface area (Å²) in [7, 11) is 3.25. The summed E-state index contributed by atoms with van der Waals surface area (Å²) in [6.45, 7) is 0.909. The van der Waals surface area contributed by atoms with Gasteiger partial charge in [0.1, 0.15) is 5.75 Å². The number of aliphatic imine (C=N–C) groups is 1.